The van der Waals surface area contributed by atoms with Crippen molar-refractivity contribution in [3.05, 3.63) is 29.2 Å². The Morgan fingerprint density at radius 1 is 1.28 bits per heavy atom. The smallest absolute Gasteiger partial charge is 0.152 e. The molecule has 0 aliphatic rings. The summed E-state index contributed by atoms with van der Waals surface area (Å²) in [5, 5.41) is 9.54. The van der Waals surface area contributed by atoms with Gasteiger partial charge in [0.15, 0.2) is 5.82 Å². The second-order valence-corrected chi connectivity index (χ2v) is 5.12. The maximum Gasteiger partial charge on any atom is 0.152 e. The van der Waals surface area contributed by atoms with Crippen molar-refractivity contribution in [3.8, 4) is 0 Å². The second kappa shape index (κ2) is 4.06. The van der Waals surface area contributed by atoms with Crippen LogP contribution in [0.4, 0.5) is 11.5 Å². The van der Waals surface area contributed by atoms with E-state index in [1.807, 2.05) is 20.2 Å². The van der Waals surface area contributed by atoms with Crippen molar-refractivity contribution < 1.29 is 0 Å². The molecule has 5 nitrogen and oxygen atoms in total. The quantitative estimate of drug-likeness (QED) is 0.769. The molecule has 0 fully saturated rings. The van der Waals surface area contributed by atoms with E-state index < -0.39 is 0 Å². The third kappa shape index (κ3) is 1.84. The van der Waals surface area contributed by atoms with E-state index in [1.54, 1.807) is 22.2 Å². The van der Waals surface area contributed by atoms with Crippen LogP contribution in [-0.2, 0) is 7.05 Å². The molecule has 3 aromatic heterocycles. The van der Waals surface area contributed by atoms with Crippen LogP contribution < -0.4 is 5.32 Å². The average molecular weight is 259 g/mol. The molecule has 0 unspecified atom stereocenters. The zero-order valence-corrected chi connectivity index (χ0v) is 11.2. The highest BCUT2D eigenvalue weighted by atomic mass is 32.1. The first-order valence-corrected chi connectivity index (χ1v) is 6.49. The van der Waals surface area contributed by atoms with Crippen molar-refractivity contribution in [2.75, 3.05) is 5.32 Å². The fraction of sp³-hybridized carbons (Fsp3) is 0.250. The summed E-state index contributed by atoms with van der Waals surface area (Å²) in [5.41, 5.74) is 3.15. The zero-order chi connectivity index (χ0) is 12.7. The predicted octanol–water partition coefficient (Wildman–Crippen LogP) is 2.79. The summed E-state index contributed by atoms with van der Waals surface area (Å²) in [6.45, 7) is 3.98. The highest BCUT2D eigenvalue weighted by molar-refractivity contribution is 7.18. The monoisotopic (exact) mass is 259 g/mol. The molecule has 3 heterocycles. The first-order valence-electron chi connectivity index (χ1n) is 5.61. The van der Waals surface area contributed by atoms with Gasteiger partial charge in [0.05, 0.1) is 22.1 Å². The van der Waals surface area contributed by atoms with Crippen molar-refractivity contribution in [1.82, 2.24) is 19.7 Å². The van der Waals surface area contributed by atoms with E-state index in [2.05, 4.69) is 32.7 Å². The van der Waals surface area contributed by atoms with Crippen molar-refractivity contribution >= 4 is 33.1 Å². The molecule has 0 aliphatic carbocycles. The third-order valence-corrected chi connectivity index (χ3v) is 3.77. The number of hydrogen-bond acceptors (Lipinski definition) is 5. The van der Waals surface area contributed by atoms with Crippen LogP contribution in [-0.4, -0.2) is 19.7 Å². The summed E-state index contributed by atoms with van der Waals surface area (Å²) in [6, 6.07) is 0. The Morgan fingerprint density at radius 3 is 2.83 bits per heavy atom. The number of fused-ring (bicyclic) bond motifs is 1. The molecule has 0 spiro atoms. The van der Waals surface area contributed by atoms with Gasteiger partial charge >= 0.3 is 0 Å². The van der Waals surface area contributed by atoms with Gasteiger partial charge in [-0.3, -0.25) is 4.68 Å². The highest BCUT2D eigenvalue weighted by Gasteiger charge is 2.10. The largest absolute Gasteiger partial charge is 0.336 e. The van der Waals surface area contributed by atoms with E-state index in [-0.39, 0.29) is 0 Å². The van der Waals surface area contributed by atoms with E-state index in [4.69, 9.17) is 0 Å². The van der Waals surface area contributed by atoms with Gasteiger partial charge in [0, 0.05) is 13.2 Å². The molecule has 0 bridgehead atoms. The summed E-state index contributed by atoms with van der Waals surface area (Å²) in [7, 11) is 1.89. The van der Waals surface area contributed by atoms with Crippen molar-refractivity contribution in [1.29, 1.82) is 0 Å². The lowest BCUT2D eigenvalue weighted by Crippen LogP contribution is -1.97. The van der Waals surface area contributed by atoms with Gasteiger partial charge in [-0.15, -0.1) is 11.3 Å². The molecule has 0 amide bonds. The summed E-state index contributed by atoms with van der Waals surface area (Å²) in [6.07, 6.45) is 3.70. The molecule has 0 saturated heterocycles. The first kappa shape index (κ1) is 11.2. The van der Waals surface area contributed by atoms with Gasteiger partial charge in [0.1, 0.15) is 5.82 Å². The minimum atomic E-state index is 0.774. The maximum absolute atomic E-state index is 4.48. The minimum Gasteiger partial charge on any atom is -0.336 e. The molecule has 3 aromatic rings. The summed E-state index contributed by atoms with van der Waals surface area (Å²) in [5.74, 6) is 1.62. The third-order valence-electron chi connectivity index (χ3n) is 2.67. The fourth-order valence-electron chi connectivity index (χ4n) is 1.85. The molecule has 6 heteroatoms. The van der Waals surface area contributed by atoms with Crippen molar-refractivity contribution in [2.24, 2.45) is 7.05 Å². The van der Waals surface area contributed by atoms with Crippen LogP contribution in [0.15, 0.2) is 17.8 Å². The molecule has 3 rings (SSSR count). The molecular weight excluding hydrogens is 246 g/mol. The van der Waals surface area contributed by atoms with E-state index in [9.17, 15) is 0 Å². The number of hydrogen-bond donors (Lipinski definition) is 1. The van der Waals surface area contributed by atoms with Crippen LogP contribution in [0, 0.1) is 13.8 Å². The van der Waals surface area contributed by atoms with Crippen LogP contribution in [0.5, 0.6) is 0 Å². The Hall–Kier alpha value is -1.95. The summed E-state index contributed by atoms with van der Waals surface area (Å²) >= 11 is 1.66. The van der Waals surface area contributed by atoms with Crippen LogP contribution in [0.3, 0.4) is 0 Å². The van der Waals surface area contributed by atoms with E-state index in [0.717, 1.165) is 27.5 Å². The number of nitrogens with one attached hydrogen (secondary N) is 1. The first-order chi connectivity index (χ1) is 8.63. The molecule has 0 saturated carbocycles. The lowest BCUT2D eigenvalue weighted by atomic mass is 10.3. The van der Waals surface area contributed by atoms with Gasteiger partial charge in [0.2, 0.25) is 0 Å². The number of thiophene rings is 1. The van der Waals surface area contributed by atoms with Gasteiger partial charge in [-0.2, -0.15) is 5.10 Å². The molecule has 0 aliphatic heterocycles. The Kier molecular flexibility index (Phi) is 2.52. The Balaban J connectivity index is 2.10. The Morgan fingerprint density at radius 2 is 2.11 bits per heavy atom. The predicted molar refractivity (Wildman–Crippen MR) is 73.4 cm³/mol. The number of nitrogens with zero attached hydrogens (tertiary/aromatic N) is 4. The highest BCUT2D eigenvalue weighted by Crippen LogP contribution is 2.30. The number of aromatic nitrogens is 4. The molecule has 0 radical (unpaired) electrons. The zero-order valence-electron chi connectivity index (χ0n) is 10.4. The standard InChI is InChI=1S/C12H13N5S/c1-7-6-18-11-10(7)14-8(2)15-12(11)16-9-4-13-17(3)5-9/h4-6H,1-3H3,(H,14,15,16). The average Bonchev–Trinajstić information content (AvgIpc) is 2.87. The SMILES string of the molecule is Cc1nc(Nc2cnn(C)c2)c2scc(C)c2n1. The molecule has 1 N–H and O–H groups in total. The summed E-state index contributed by atoms with van der Waals surface area (Å²) in [4.78, 5) is 8.95. The maximum atomic E-state index is 4.48. The molecule has 0 aromatic carbocycles. The topological polar surface area (TPSA) is 55.6 Å². The normalized spacial score (nSPS) is 11.1. The lowest BCUT2D eigenvalue weighted by molar-refractivity contribution is 0.768. The fourth-order valence-corrected chi connectivity index (χ4v) is 2.78. The minimum absolute atomic E-state index is 0.774. The molecule has 0 atom stereocenters. The van der Waals surface area contributed by atoms with Crippen molar-refractivity contribution in [3.63, 3.8) is 0 Å². The number of aryl methyl sites for hydroxylation is 3. The lowest BCUT2D eigenvalue weighted by Gasteiger charge is -2.05. The van der Waals surface area contributed by atoms with Crippen LogP contribution >= 0.6 is 11.3 Å². The van der Waals surface area contributed by atoms with Gasteiger partial charge in [-0.05, 0) is 24.8 Å². The van der Waals surface area contributed by atoms with Gasteiger partial charge in [-0.25, -0.2) is 9.97 Å². The molecular formula is C12H13N5S. The van der Waals surface area contributed by atoms with Crippen LogP contribution in [0.2, 0.25) is 0 Å². The van der Waals surface area contributed by atoms with Crippen LogP contribution in [0.25, 0.3) is 10.2 Å². The van der Waals surface area contributed by atoms with Gasteiger partial charge < -0.3 is 5.32 Å². The number of anilines is 2. The summed E-state index contributed by atoms with van der Waals surface area (Å²) < 4.78 is 2.84. The van der Waals surface area contributed by atoms with E-state index in [1.165, 1.54) is 5.56 Å². The van der Waals surface area contributed by atoms with Crippen molar-refractivity contribution in [2.45, 2.75) is 13.8 Å². The van der Waals surface area contributed by atoms with Crippen LogP contribution in [0.1, 0.15) is 11.4 Å². The van der Waals surface area contributed by atoms with Gasteiger partial charge in [-0.1, -0.05) is 0 Å². The molecule has 18 heavy (non-hydrogen) atoms. The number of rotatable bonds is 2. The Labute approximate surface area is 109 Å². The van der Waals surface area contributed by atoms with E-state index in [0.29, 0.717) is 0 Å². The molecule has 92 valence electrons. The Bertz CT molecular complexity index is 712. The van der Waals surface area contributed by atoms with E-state index >= 15 is 0 Å². The second-order valence-electron chi connectivity index (χ2n) is 4.24. The van der Waals surface area contributed by atoms with Gasteiger partial charge in [0.25, 0.3) is 0 Å².